The molecule has 0 N–H and O–H groups in total. The summed E-state index contributed by atoms with van der Waals surface area (Å²) in [6, 6.07) is 6.04. The van der Waals surface area contributed by atoms with Gasteiger partial charge in [0, 0.05) is 45.3 Å². The van der Waals surface area contributed by atoms with E-state index in [0.717, 1.165) is 38.4 Å². The third-order valence-electron chi connectivity index (χ3n) is 3.91. The summed E-state index contributed by atoms with van der Waals surface area (Å²) < 4.78 is 2.13. The maximum atomic E-state index is 11.7. The van der Waals surface area contributed by atoms with Gasteiger partial charge >= 0.3 is 0 Å². The van der Waals surface area contributed by atoms with Gasteiger partial charge in [0.25, 0.3) is 0 Å². The fraction of sp³-hybridized carbons (Fsp3) is 0.467. The highest BCUT2D eigenvalue weighted by molar-refractivity contribution is 5.75. The lowest BCUT2D eigenvalue weighted by Crippen LogP contribution is -2.48. The van der Waals surface area contributed by atoms with Crippen molar-refractivity contribution >= 4 is 11.6 Å². The Labute approximate surface area is 118 Å². The lowest BCUT2D eigenvalue weighted by molar-refractivity contribution is -0.132. The average Bonchev–Trinajstić information content (AvgIpc) is 2.91. The Kier molecular flexibility index (Phi) is 3.69. The second kappa shape index (κ2) is 5.63. The topological polar surface area (TPSA) is 40.9 Å². The van der Waals surface area contributed by atoms with Gasteiger partial charge in [0.05, 0.1) is 11.9 Å². The predicted octanol–water partition coefficient (Wildman–Crippen LogP) is 1.39. The Balaban J connectivity index is 1.64. The minimum Gasteiger partial charge on any atom is -0.340 e. The first-order valence-electron chi connectivity index (χ1n) is 7.19. The van der Waals surface area contributed by atoms with E-state index >= 15 is 0 Å². The van der Waals surface area contributed by atoms with Crippen LogP contribution in [-0.2, 0) is 11.3 Å². The van der Waals surface area contributed by atoms with Crippen molar-refractivity contribution in [1.29, 1.82) is 0 Å². The normalized spacial score (nSPS) is 16.8. The zero-order valence-corrected chi connectivity index (χ0v) is 11.8. The van der Waals surface area contributed by atoms with Crippen molar-refractivity contribution in [2.45, 2.75) is 19.9 Å². The number of carbonyl (C=O) groups is 1. The lowest BCUT2D eigenvalue weighted by Gasteiger charge is -2.34. The number of carbonyl (C=O) groups excluding carboxylic acids is 1. The van der Waals surface area contributed by atoms with Gasteiger partial charge in [-0.2, -0.15) is 0 Å². The molecule has 2 aromatic rings. The number of rotatable bonds is 3. The lowest BCUT2D eigenvalue weighted by atomic mass is 10.2. The van der Waals surface area contributed by atoms with E-state index in [4.69, 9.17) is 0 Å². The Morgan fingerprint density at radius 1 is 1.25 bits per heavy atom. The third-order valence-corrected chi connectivity index (χ3v) is 3.91. The number of aromatic nitrogens is 2. The zero-order chi connectivity index (χ0) is 13.9. The van der Waals surface area contributed by atoms with E-state index < -0.39 is 0 Å². The molecule has 2 aromatic heterocycles. The molecular formula is C15H20N4O. The van der Waals surface area contributed by atoms with Crippen LogP contribution in [0, 0.1) is 0 Å². The summed E-state index contributed by atoms with van der Waals surface area (Å²) in [4.78, 5) is 20.4. The van der Waals surface area contributed by atoms with Gasteiger partial charge in [0.1, 0.15) is 5.65 Å². The Hall–Kier alpha value is -1.88. The molecule has 3 rings (SSSR count). The minimum atomic E-state index is 0.263. The molecule has 5 nitrogen and oxygen atoms in total. The number of hydrogen-bond donors (Lipinski definition) is 0. The summed E-state index contributed by atoms with van der Waals surface area (Å²) in [6.07, 6.45) is 4.60. The van der Waals surface area contributed by atoms with Crippen LogP contribution in [0.2, 0.25) is 0 Å². The maximum absolute atomic E-state index is 11.7. The summed E-state index contributed by atoms with van der Waals surface area (Å²) in [5.74, 6) is 0.263. The highest BCUT2D eigenvalue weighted by Crippen LogP contribution is 2.11. The molecule has 106 valence electrons. The van der Waals surface area contributed by atoms with Gasteiger partial charge in [-0.3, -0.25) is 9.69 Å². The van der Waals surface area contributed by atoms with Crippen LogP contribution < -0.4 is 0 Å². The molecule has 0 bridgehead atoms. The first-order valence-corrected chi connectivity index (χ1v) is 7.19. The number of fused-ring (bicyclic) bond motifs is 1. The summed E-state index contributed by atoms with van der Waals surface area (Å²) in [7, 11) is 0. The van der Waals surface area contributed by atoms with Crippen LogP contribution in [0.15, 0.2) is 30.6 Å². The molecule has 5 heteroatoms. The van der Waals surface area contributed by atoms with Gasteiger partial charge in [-0.05, 0) is 12.1 Å². The molecule has 3 heterocycles. The number of hydrogen-bond acceptors (Lipinski definition) is 3. The van der Waals surface area contributed by atoms with Gasteiger partial charge in [0.2, 0.25) is 5.91 Å². The molecule has 0 saturated carbocycles. The van der Waals surface area contributed by atoms with E-state index in [-0.39, 0.29) is 5.91 Å². The largest absolute Gasteiger partial charge is 0.340 e. The first kappa shape index (κ1) is 13.1. The van der Waals surface area contributed by atoms with Crippen LogP contribution in [0.4, 0.5) is 0 Å². The van der Waals surface area contributed by atoms with E-state index in [9.17, 15) is 4.79 Å². The summed E-state index contributed by atoms with van der Waals surface area (Å²) in [6.45, 7) is 6.36. The molecule has 1 fully saturated rings. The minimum absolute atomic E-state index is 0.263. The highest BCUT2D eigenvalue weighted by atomic mass is 16.2. The van der Waals surface area contributed by atoms with E-state index in [1.165, 1.54) is 5.69 Å². The Bertz CT molecular complexity index is 599. The van der Waals surface area contributed by atoms with Gasteiger partial charge in [-0.25, -0.2) is 4.98 Å². The number of amides is 1. The Morgan fingerprint density at radius 3 is 2.80 bits per heavy atom. The number of pyridine rings is 1. The van der Waals surface area contributed by atoms with Gasteiger partial charge in [0.15, 0.2) is 0 Å². The van der Waals surface area contributed by atoms with Crippen molar-refractivity contribution in [3.05, 3.63) is 36.3 Å². The SMILES string of the molecule is CCC(=O)N1CCN(Cc2cnc3ccccn23)CC1. The van der Waals surface area contributed by atoms with E-state index in [1.54, 1.807) is 0 Å². The van der Waals surface area contributed by atoms with Crippen molar-refractivity contribution in [3.8, 4) is 0 Å². The standard InChI is InChI=1S/C15H20N4O/c1-2-15(20)18-9-7-17(8-10-18)12-13-11-16-14-5-3-4-6-19(13)14/h3-6,11H,2,7-10,12H2,1H3. The summed E-state index contributed by atoms with van der Waals surface area (Å²) in [5, 5.41) is 0. The number of imidazole rings is 1. The molecule has 1 saturated heterocycles. The van der Waals surface area contributed by atoms with Crippen molar-refractivity contribution in [3.63, 3.8) is 0 Å². The van der Waals surface area contributed by atoms with Crippen molar-refractivity contribution < 1.29 is 4.79 Å². The highest BCUT2D eigenvalue weighted by Gasteiger charge is 2.20. The number of piperazine rings is 1. The maximum Gasteiger partial charge on any atom is 0.222 e. The van der Waals surface area contributed by atoms with Crippen LogP contribution in [-0.4, -0.2) is 51.3 Å². The molecule has 0 aromatic carbocycles. The van der Waals surface area contributed by atoms with Crippen molar-refractivity contribution in [2.24, 2.45) is 0 Å². The smallest absolute Gasteiger partial charge is 0.222 e. The van der Waals surface area contributed by atoms with Crippen LogP contribution >= 0.6 is 0 Å². The van der Waals surface area contributed by atoms with Crippen molar-refractivity contribution in [2.75, 3.05) is 26.2 Å². The summed E-state index contributed by atoms with van der Waals surface area (Å²) >= 11 is 0. The first-order chi connectivity index (χ1) is 9.78. The fourth-order valence-corrected chi connectivity index (χ4v) is 2.71. The molecule has 0 unspecified atom stereocenters. The molecule has 0 spiro atoms. The molecule has 0 aliphatic carbocycles. The zero-order valence-electron chi connectivity index (χ0n) is 11.8. The van der Waals surface area contributed by atoms with Crippen LogP contribution in [0.5, 0.6) is 0 Å². The molecule has 1 aliphatic heterocycles. The fourth-order valence-electron chi connectivity index (χ4n) is 2.71. The predicted molar refractivity (Wildman–Crippen MR) is 77.3 cm³/mol. The van der Waals surface area contributed by atoms with E-state index in [2.05, 4.69) is 20.5 Å². The van der Waals surface area contributed by atoms with Gasteiger partial charge < -0.3 is 9.30 Å². The second-order valence-electron chi connectivity index (χ2n) is 5.19. The molecular weight excluding hydrogens is 252 g/mol. The van der Waals surface area contributed by atoms with E-state index in [0.29, 0.717) is 6.42 Å². The summed E-state index contributed by atoms with van der Waals surface area (Å²) in [5.41, 5.74) is 2.19. The molecule has 0 radical (unpaired) electrons. The molecule has 1 aliphatic rings. The molecule has 1 amide bonds. The second-order valence-corrected chi connectivity index (χ2v) is 5.19. The molecule has 20 heavy (non-hydrogen) atoms. The Morgan fingerprint density at radius 2 is 2.05 bits per heavy atom. The van der Waals surface area contributed by atoms with E-state index in [1.807, 2.05) is 36.2 Å². The third kappa shape index (κ3) is 2.54. The van der Waals surface area contributed by atoms with Crippen molar-refractivity contribution in [1.82, 2.24) is 19.2 Å². The average molecular weight is 272 g/mol. The quantitative estimate of drug-likeness (QED) is 0.848. The molecule has 0 atom stereocenters. The monoisotopic (exact) mass is 272 g/mol. The van der Waals surface area contributed by atoms with Crippen LogP contribution in [0.3, 0.4) is 0 Å². The number of nitrogens with zero attached hydrogens (tertiary/aromatic N) is 4. The van der Waals surface area contributed by atoms with Gasteiger partial charge in [-0.1, -0.05) is 13.0 Å². The van der Waals surface area contributed by atoms with Crippen LogP contribution in [0.1, 0.15) is 19.0 Å². The van der Waals surface area contributed by atoms with Gasteiger partial charge in [-0.15, -0.1) is 0 Å². The van der Waals surface area contributed by atoms with Crippen LogP contribution in [0.25, 0.3) is 5.65 Å².